The first-order chi connectivity index (χ1) is 22.3. The van der Waals surface area contributed by atoms with Crippen LogP contribution in [0.25, 0.3) is 17.3 Å². The van der Waals surface area contributed by atoms with Gasteiger partial charge in [0.05, 0.1) is 38.3 Å². The number of carboxylic acid groups (broad SMARTS) is 2. The number of ether oxygens (including phenoxy) is 5. The standard InChI is InChI=1S/C35H36N2O9/c1-4-5-14-37-33(27-11-10-25(42-2)17-32(27)45-19-22-8-6-7-9-26(22)35(40)41)24(18-36-37)15-23(34(38)39)16-28-29-20-44-21-46-31(29)13-12-30(28)43-3/h6-13,15,17-18H,4-5,14,16,19-21H2,1-3H3,(H,38,39)(H,40,41)/b23-15+. The van der Waals surface area contributed by atoms with E-state index in [4.69, 9.17) is 23.7 Å². The van der Waals surface area contributed by atoms with Gasteiger partial charge in [-0.05, 0) is 42.8 Å². The number of aromatic nitrogens is 2. The summed E-state index contributed by atoms with van der Waals surface area (Å²) >= 11 is 0. The van der Waals surface area contributed by atoms with Gasteiger partial charge in [-0.25, -0.2) is 9.59 Å². The molecule has 1 aliphatic heterocycles. The van der Waals surface area contributed by atoms with Gasteiger partial charge in [0.2, 0.25) is 0 Å². The third kappa shape index (κ3) is 7.00. The second-order valence-corrected chi connectivity index (χ2v) is 10.6. The van der Waals surface area contributed by atoms with Gasteiger partial charge in [-0.1, -0.05) is 31.5 Å². The molecule has 1 aromatic heterocycles. The first-order valence-corrected chi connectivity index (χ1v) is 14.9. The summed E-state index contributed by atoms with van der Waals surface area (Å²) in [6.07, 6.45) is 5.07. The van der Waals surface area contributed by atoms with Gasteiger partial charge in [-0.3, -0.25) is 4.68 Å². The Morgan fingerprint density at radius 2 is 1.87 bits per heavy atom. The van der Waals surface area contributed by atoms with Crippen molar-refractivity contribution in [1.29, 1.82) is 0 Å². The van der Waals surface area contributed by atoms with Gasteiger partial charge in [0.1, 0.15) is 29.6 Å². The minimum atomic E-state index is -1.10. The molecule has 2 heterocycles. The summed E-state index contributed by atoms with van der Waals surface area (Å²) in [4.78, 5) is 24.5. The highest BCUT2D eigenvalue weighted by atomic mass is 16.7. The average molecular weight is 629 g/mol. The average Bonchev–Trinajstić information content (AvgIpc) is 3.47. The summed E-state index contributed by atoms with van der Waals surface area (Å²) in [6, 6.07) is 15.5. The third-order valence-corrected chi connectivity index (χ3v) is 7.75. The molecule has 0 amide bonds. The number of aliphatic carboxylic acids is 1. The fourth-order valence-electron chi connectivity index (χ4n) is 5.38. The van der Waals surface area contributed by atoms with Crippen molar-refractivity contribution in [3.63, 3.8) is 0 Å². The number of aromatic carboxylic acids is 1. The lowest BCUT2D eigenvalue weighted by Crippen LogP contribution is -2.15. The van der Waals surface area contributed by atoms with Crippen molar-refractivity contribution in [2.24, 2.45) is 0 Å². The number of unbranched alkanes of at least 4 members (excludes halogenated alkanes) is 1. The molecule has 240 valence electrons. The van der Waals surface area contributed by atoms with Crippen LogP contribution in [0.5, 0.6) is 23.0 Å². The molecule has 0 radical (unpaired) electrons. The van der Waals surface area contributed by atoms with Gasteiger partial charge < -0.3 is 33.9 Å². The highest BCUT2D eigenvalue weighted by Crippen LogP contribution is 2.39. The lowest BCUT2D eigenvalue weighted by atomic mass is 9.96. The number of fused-ring (bicyclic) bond motifs is 1. The highest BCUT2D eigenvalue weighted by Gasteiger charge is 2.24. The maximum Gasteiger partial charge on any atom is 0.336 e. The Morgan fingerprint density at radius 1 is 1.04 bits per heavy atom. The molecule has 0 atom stereocenters. The van der Waals surface area contributed by atoms with Gasteiger partial charge in [-0.2, -0.15) is 5.10 Å². The van der Waals surface area contributed by atoms with Crippen LogP contribution in [0.3, 0.4) is 0 Å². The summed E-state index contributed by atoms with van der Waals surface area (Å²) in [6.45, 7) is 3.04. The number of aryl methyl sites for hydroxylation is 1. The maximum atomic E-state index is 12.7. The second kappa shape index (κ2) is 14.7. The van der Waals surface area contributed by atoms with Crippen molar-refractivity contribution in [2.45, 2.75) is 45.9 Å². The molecule has 1 aliphatic rings. The Hall–Kier alpha value is -5.29. The van der Waals surface area contributed by atoms with E-state index < -0.39 is 11.9 Å². The molecule has 2 N–H and O–H groups in total. The SMILES string of the molecule is CCCCn1ncc(/C=C(\Cc2c(OC)ccc3c2COCO3)C(=O)O)c1-c1ccc(OC)cc1OCc1ccccc1C(=O)O. The number of benzene rings is 3. The van der Waals surface area contributed by atoms with Crippen LogP contribution >= 0.6 is 0 Å². The van der Waals surface area contributed by atoms with Crippen molar-refractivity contribution < 1.29 is 43.5 Å². The molecular formula is C35H36N2O9. The zero-order valence-corrected chi connectivity index (χ0v) is 25.9. The Bertz CT molecular complexity index is 1760. The number of methoxy groups -OCH3 is 2. The Morgan fingerprint density at radius 3 is 2.61 bits per heavy atom. The van der Waals surface area contributed by atoms with Gasteiger partial charge >= 0.3 is 11.9 Å². The van der Waals surface area contributed by atoms with Gasteiger partial charge in [0.25, 0.3) is 0 Å². The van der Waals surface area contributed by atoms with Gasteiger partial charge in [0, 0.05) is 52.4 Å². The van der Waals surface area contributed by atoms with E-state index >= 15 is 0 Å². The lowest BCUT2D eigenvalue weighted by Gasteiger charge is -2.22. The van der Waals surface area contributed by atoms with Crippen molar-refractivity contribution in [2.75, 3.05) is 21.0 Å². The number of nitrogens with zero attached hydrogens (tertiary/aromatic N) is 2. The van der Waals surface area contributed by atoms with Crippen LogP contribution in [0, 0.1) is 0 Å². The van der Waals surface area contributed by atoms with Crippen molar-refractivity contribution in [1.82, 2.24) is 9.78 Å². The van der Waals surface area contributed by atoms with Crippen LogP contribution in [-0.4, -0.2) is 52.9 Å². The first-order valence-electron chi connectivity index (χ1n) is 14.9. The minimum absolute atomic E-state index is 0.0136. The van der Waals surface area contributed by atoms with E-state index in [1.54, 1.807) is 61.8 Å². The summed E-state index contributed by atoms with van der Waals surface area (Å²) in [7, 11) is 3.08. The Kier molecular flexibility index (Phi) is 10.2. The zero-order valence-electron chi connectivity index (χ0n) is 25.9. The summed E-state index contributed by atoms with van der Waals surface area (Å²) in [5, 5.41) is 24.7. The fraction of sp³-hybridized carbons (Fsp3) is 0.286. The molecule has 11 heteroatoms. The zero-order chi connectivity index (χ0) is 32.6. The van der Waals surface area contributed by atoms with Crippen LogP contribution in [0.15, 0.2) is 66.4 Å². The van der Waals surface area contributed by atoms with E-state index in [2.05, 4.69) is 12.0 Å². The topological polar surface area (TPSA) is 139 Å². The smallest absolute Gasteiger partial charge is 0.336 e. The van der Waals surface area contributed by atoms with Crippen molar-refractivity contribution in [3.8, 4) is 34.3 Å². The number of carbonyl (C=O) groups is 2. The van der Waals surface area contributed by atoms with Crippen LogP contribution < -0.4 is 18.9 Å². The molecule has 3 aromatic carbocycles. The molecule has 0 spiro atoms. The maximum absolute atomic E-state index is 12.7. The predicted octanol–water partition coefficient (Wildman–Crippen LogP) is 6.22. The Labute approximate surface area is 266 Å². The Balaban J connectivity index is 1.60. The number of rotatable bonds is 14. The second-order valence-electron chi connectivity index (χ2n) is 10.6. The lowest BCUT2D eigenvalue weighted by molar-refractivity contribution is -0.132. The van der Waals surface area contributed by atoms with E-state index in [0.29, 0.717) is 57.5 Å². The molecule has 46 heavy (non-hydrogen) atoms. The van der Waals surface area contributed by atoms with Crippen LogP contribution in [0.4, 0.5) is 0 Å². The molecule has 11 nitrogen and oxygen atoms in total. The van der Waals surface area contributed by atoms with E-state index in [9.17, 15) is 19.8 Å². The summed E-state index contributed by atoms with van der Waals surface area (Å²) in [5.74, 6) is -0.0153. The predicted molar refractivity (Wildman–Crippen MR) is 169 cm³/mol. The van der Waals surface area contributed by atoms with E-state index in [1.165, 1.54) is 13.2 Å². The molecular weight excluding hydrogens is 592 g/mol. The highest BCUT2D eigenvalue weighted by molar-refractivity contribution is 5.94. The van der Waals surface area contributed by atoms with E-state index in [-0.39, 0.29) is 37.6 Å². The molecule has 4 aromatic rings. The number of carboxylic acids is 2. The van der Waals surface area contributed by atoms with E-state index in [0.717, 1.165) is 18.4 Å². The van der Waals surface area contributed by atoms with Gasteiger partial charge in [0.15, 0.2) is 6.79 Å². The molecule has 0 bridgehead atoms. The molecule has 0 saturated carbocycles. The fourth-order valence-corrected chi connectivity index (χ4v) is 5.38. The van der Waals surface area contributed by atoms with Crippen LogP contribution in [-0.2, 0) is 35.7 Å². The number of hydrogen-bond acceptors (Lipinski definition) is 8. The molecule has 5 rings (SSSR count). The normalized spacial score (nSPS) is 12.6. The van der Waals surface area contributed by atoms with Crippen molar-refractivity contribution in [3.05, 3.63) is 94.2 Å². The number of hydrogen-bond donors (Lipinski definition) is 2. The summed E-state index contributed by atoms with van der Waals surface area (Å²) in [5.41, 5.74) is 4.04. The van der Waals surface area contributed by atoms with Crippen molar-refractivity contribution >= 4 is 18.0 Å². The first kappa shape index (κ1) is 32.1. The third-order valence-electron chi connectivity index (χ3n) is 7.75. The summed E-state index contributed by atoms with van der Waals surface area (Å²) < 4.78 is 30.3. The minimum Gasteiger partial charge on any atom is -0.497 e. The molecule has 0 unspecified atom stereocenters. The largest absolute Gasteiger partial charge is 0.497 e. The van der Waals surface area contributed by atoms with Gasteiger partial charge in [-0.15, -0.1) is 0 Å². The quantitative estimate of drug-likeness (QED) is 0.155. The molecule has 0 fully saturated rings. The monoisotopic (exact) mass is 628 g/mol. The molecule has 0 saturated heterocycles. The van der Waals surface area contributed by atoms with Crippen LogP contribution in [0.1, 0.15) is 52.4 Å². The molecule has 0 aliphatic carbocycles. The van der Waals surface area contributed by atoms with E-state index in [1.807, 2.05) is 10.7 Å². The van der Waals surface area contributed by atoms with Crippen LogP contribution in [0.2, 0.25) is 0 Å².